The van der Waals surface area contributed by atoms with Crippen LogP contribution in [-0.2, 0) is 19.1 Å². The van der Waals surface area contributed by atoms with Crippen LogP contribution in [0.1, 0.15) is 127 Å². The number of aryl methyl sites for hydroxylation is 4. The van der Waals surface area contributed by atoms with E-state index in [9.17, 15) is 9.59 Å². The lowest BCUT2D eigenvalue weighted by molar-refractivity contribution is -0.156. The number of rotatable bonds is 5. The van der Waals surface area contributed by atoms with Gasteiger partial charge in [-0.15, -0.1) is 45.3 Å². The summed E-state index contributed by atoms with van der Waals surface area (Å²) in [5, 5.41) is 12.6. The van der Waals surface area contributed by atoms with Crippen molar-refractivity contribution in [2.45, 2.75) is 119 Å². The number of halogens is 1. The molecule has 0 unspecified atom stereocenters. The highest BCUT2D eigenvalue weighted by molar-refractivity contribution is 7.16. The van der Waals surface area contributed by atoms with Gasteiger partial charge < -0.3 is 18.5 Å². The van der Waals surface area contributed by atoms with E-state index in [0.717, 1.165) is 60.4 Å². The van der Waals surface area contributed by atoms with Gasteiger partial charge >= 0.3 is 11.9 Å². The number of aliphatic imine (C=N–C) groups is 2. The van der Waals surface area contributed by atoms with Crippen molar-refractivity contribution in [2.24, 2.45) is 9.98 Å². The van der Waals surface area contributed by atoms with Crippen LogP contribution in [0.15, 0.2) is 47.0 Å². The number of hydrogen-bond acceptors (Lipinski definition) is 16. The predicted octanol–water partition coefficient (Wildman–Crippen LogP) is 11.7. The molecule has 0 saturated heterocycles. The van der Waals surface area contributed by atoms with Crippen molar-refractivity contribution in [1.82, 2.24) is 20.3 Å². The number of carbonyl (C=O) groups is 2. The zero-order valence-corrected chi connectivity index (χ0v) is 39.1. The smallest absolute Gasteiger partial charge is 0.308 e. The molecule has 17 heteroatoms. The first-order chi connectivity index (χ1) is 27.7. The molecule has 2 aliphatic rings. The van der Waals surface area contributed by atoms with Crippen molar-refractivity contribution in [3.05, 3.63) is 88.6 Å². The van der Waals surface area contributed by atoms with Gasteiger partial charge in [-0.3, -0.25) is 24.6 Å². The summed E-state index contributed by atoms with van der Waals surface area (Å²) in [7, 11) is 0. The van der Waals surface area contributed by atoms with E-state index in [4.69, 9.17) is 35.1 Å². The third-order valence-corrected chi connectivity index (χ3v) is 13.0. The first kappa shape index (κ1) is 44.2. The zero-order chi connectivity index (χ0) is 43.0. The molecule has 0 bridgehead atoms. The Hall–Kier alpha value is -4.35. The summed E-state index contributed by atoms with van der Waals surface area (Å²) in [5.74, 6) is 0.522. The van der Waals surface area contributed by atoms with Gasteiger partial charge in [-0.1, -0.05) is 21.9 Å². The average Bonchev–Trinajstić information content (AvgIpc) is 3.99. The lowest BCUT2D eigenvalue weighted by Crippen LogP contribution is -2.24. The average molecular weight is 896 g/mol. The molecule has 0 aromatic carbocycles. The van der Waals surface area contributed by atoms with Gasteiger partial charge in [-0.2, -0.15) is 0 Å². The fourth-order valence-corrected chi connectivity index (χ4v) is 10.3. The maximum Gasteiger partial charge on any atom is 0.308 e. The number of hydrogen-bond donors (Lipinski definition) is 0. The molecule has 59 heavy (non-hydrogen) atoms. The van der Waals surface area contributed by atoms with Crippen LogP contribution >= 0.6 is 56.9 Å². The second-order valence-corrected chi connectivity index (χ2v) is 20.3. The molecular formula is C42H47ClN6O6S4. The van der Waals surface area contributed by atoms with E-state index >= 15 is 0 Å². The highest BCUT2D eigenvalue weighted by atomic mass is 35.5. The van der Waals surface area contributed by atoms with Crippen LogP contribution in [0.25, 0.3) is 20.9 Å². The van der Waals surface area contributed by atoms with E-state index in [0.29, 0.717) is 16.7 Å². The summed E-state index contributed by atoms with van der Waals surface area (Å²) in [6.45, 7) is 23.2. The number of thiophene rings is 2. The third kappa shape index (κ3) is 10.00. The number of ether oxygens (including phenoxy) is 2. The second-order valence-electron chi connectivity index (χ2n) is 16.0. The summed E-state index contributed by atoms with van der Waals surface area (Å²) < 4.78 is 22.2. The van der Waals surface area contributed by atoms with Crippen molar-refractivity contribution in [3.63, 3.8) is 0 Å². The van der Waals surface area contributed by atoms with Gasteiger partial charge in [0.25, 0.3) is 0 Å². The van der Waals surface area contributed by atoms with Crippen molar-refractivity contribution < 1.29 is 28.1 Å². The molecule has 12 nitrogen and oxygen atoms in total. The Morgan fingerprint density at radius 3 is 1.66 bits per heavy atom. The van der Waals surface area contributed by atoms with Gasteiger partial charge in [-0.05, 0) is 94.2 Å². The number of carbonyl (C=O) groups excluding carboxylic acids is 2. The monoisotopic (exact) mass is 894 g/mol. The Morgan fingerprint density at radius 1 is 0.712 bits per heavy atom. The zero-order valence-electron chi connectivity index (χ0n) is 35.1. The molecule has 0 saturated carbocycles. The van der Waals surface area contributed by atoms with Gasteiger partial charge in [0.15, 0.2) is 11.5 Å². The Bertz CT molecular complexity index is 2490. The third-order valence-electron chi connectivity index (χ3n) is 9.19. The molecule has 0 radical (unpaired) electrons. The van der Waals surface area contributed by atoms with Crippen LogP contribution in [0, 0.1) is 41.5 Å². The molecule has 6 aromatic rings. The van der Waals surface area contributed by atoms with E-state index in [1.807, 2.05) is 73.1 Å². The van der Waals surface area contributed by atoms with E-state index in [-0.39, 0.29) is 24.8 Å². The molecule has 0 spiro atoms. The normalized spacial score (nSPS) is 15.7. The molecule has 2 aliphatic heterocycles. The van der Waals surface area contributed by atoms with Crippen molar-refractivity contribution >= 4 is 79.8 Å². The van der Waals surface area contributed by atoms with Crippen LogP contribution in [-0.4, -0.2) is 54.3 Å². The number of esters is 2. The SMILES string of the molecule is Cc1noc2c1-c1sc(C)c(C)c1C(Cl)=N[C@H]2CC(=O)OC(C)(C)C.Cc1noc2c1-c1sc(C)c(C)c1C(c1cscn1)=N[C@H]2CC(=O)OC(C)(C)C.c1cscn1. The second kappa shape index (κ2) is 17.7. The van der Waals surface area contributed by atoms with Gasteiger partial charge in [0.1, 0.15) is 28.5 Å². The highest BCUT2D eigenvalue weighted by Crippen LogP contribution is 2.48. The first-order valence-electron chi connectivity index (χ1n) is 18.8. The summed E-state index contributed by atoms with van der Waals surface area (Å²) in [6.07, 6.45) is 1.91. The molecule has 312 valence electrons. The Balaban J connectivity index is 0.000000179. The lowest BCUT2D eigenvalue weighted by Gasteiger charge is -2.20. The van der Waals surface area contributed by atoms with Gasteiger partial charge in [-0.25, -0.2) is 4.98 Å². The van der Waals surface area contributed by atoms with Crippen LogP contribution in [0.2, 0.25) is 0 Å². The minimum absolute atomic E-state index is 0.0576. The minimum Gasteiger partial charge on any atom is -0.460 e. The molecule has 0 aliphatic carbocycles. The molecule has 0 N–H and O–H groups in total. The summed E-state index contributed by atoms with van der Waals surface area (Å²) >= 11 is 13.0. The molecule has 0 amide bonds. The largest absolute Gasteiger partial charge is 0.460 e. The molecular weight excluding hydrogens is 848 g/mol. The Morgan fingerprint density at radius 2 is 1.22 bits per heavy atom. The molecule has 8 heterocycles. The molecule has 0 fully saturated rings. The highest BCUT2D eigenvalue weighted by Gasteiger charge is 2.37. The maximum atomic E-state index is 12.6. The lowest BCUT2D eigenvalue weighted by atomic mass is 9.99. The topological polar surface area (TPSA) is 155 Å². The molecule has 2 atom stereocenters. The summed E-state index contributed by atoms with van der Waals surface area (Å²) in [6, 6.07) is -1.06. The van der Waals surface area contributed by atoms with Crippen LogP contribution in [0.5, 0.6) is 0 Å². The summed E-state index contributed by atoms with van der Waals surface area (Å²) in [5.41, 5.74) is 11.7. The first-order valence-corrected chi connectivity index (χ1v) is 22.7. The number of nitrogens with zero attached hydrogens (tertiary/aromatic N) is 6. The van der Waals surface area contributed by atoms with E-state index < -0.39 is 23.3 Å². The van der Waals surface area contributed by atoms with Crippen LogP contribution in [0.3, 0.4) is 0 Å². The quantitative estimate of drug-likeness (QED) is 0.153. The Labute approximate surface area is 364 Å². The van der Waals surface area contributed by atoms with E-state index in [2.05, 4.69) is 46.0 Å². The maximum absolute atomic E-state index is 12.6. The van der Waals surface area contributed by atoms with E-state index in [1.165, 1.54) is 26.7 Å². The summed E-state index contributed by atoms with van der Waals surface area (Å²) in [4.78, 5) is 47.2. The van der Waals surface area contributed by atoms with Crippen molar-refractivity contribution in [3.8, 4) is 20.9 Å². The Kier molecular flexibility index (Phi) is 13.3. The standard InChI is InChI=1S/C21H23N3O3S2.C18H21ClN2O3S.C3H3NS/c1-10-12(3)29-20-16(10)18(14-8-28-9-22-14)23-13(7-15(25)26-21(4,5)6)19-17(20)11(2)24-27-19;1-8-10(3)25-16-13(8)17(19)20-11(7-12(22)23-18(4,5)6)15-14(16)9(2)21-24-15;1-2-5-3-4-1/h8-9,13H,7H2,1-6H3;11H,7H2,1-6H3;1-3H/t13-;11-;/m00./s1. The van der Waals surface area contributed by atoms with Crippen LogP contribution < -0.4 is 0 Å². The van der Waals surface area contributed by atoms with Gasteiger partial charge in [0.05, 0.1) is 62.7 Å². The number of thiazole rings is 2. The molecule has 6 aromatic heterocycles. The molecule has 8 rings (SSSR count). The van der Waals surface area contributed by atoms with Crippen molar-refractivity contribution in [1.29, 1.82) is 0 Å². The van der Waals surface area contributed by atoms with Crippen molar-refractivity contribution in [2.75, 3.05) is 0 Å². The van der Waals surface area contributed by atoms with Gasteiger partial charge in [0.2, 0.25) is 0 Å². The minimum atomic E-state index is -0.560. The van der Waals surface area contributed by atoms with E-state index in [1.54, 1.807) is 51.2 Å². The van der Waals surface area contributed by atoms with Crippen LogP contribution in [0.4, 0.5) is 0 Å². The predicted molar refractivity (Wildman–Crippen MR) is 237 cm³/mol. The number of fused-ring (bicyclic) bond motifs is 6. The fraction of sp³-hybridized carbons (Fsp3) is 0.429. The van der Waals surface area contributed by atoms with Gasteiger partial charge in [0, 0.05) is 42.7 Å². The number of aromatic nitrogens is 4. The fourth-order valence-electron chi connectivity index (χ4n) is 6.52.